The molecule has 0 N–H and O–H groups in total. The largest absolute Gasteiger partial charge is 0.336 e. The molecule has 72 valence electrons. The first-order valence-electron chi connectivity index (χ1n) is 4.51. The molecule has 0 spiro atoms. The first kappa shape index (κ1) is 8.66. The molecule has 2 fully saturated rings. The van der Waals surface area contributed by atoms with Gasteiger partial charge in [0.1, 0.15) is 17.4 Å². The van der Waals surface area contributed by atoms with E-state index in [1.165, 1.54) is 11.8 Å². The molecule has 1 heterocycles. The molecular formula is C9H12FNO2. The summed E-state index contributed by atoms with van der Waals surface area (Å²) in [5.41, 5.74) is -0.750. The zero-order valence-corrected chi connectivity index (χ0v) is 7.55. The molecule has 0 atom stereocenters. The van der Waals surface area contributed by atoms with Crippen LogP contribution >= 0.6 is 0 Å². The number of amides is 1. The van der Waals surface area contributed by atoms with Gasteiger partial charge in [0.2, 0.25) is 5.91 Å². The molecule has 1 aliphatic heterocycles. The van der Waals surface area contributed by atoms with Crippen molar-refractivity contribution < 1.29 is 14.0 Å². The van der Waals surface area contributed by atoms with Crippen molar-refractivity contribution in [3.8, 4) is 0 Å². The Morgan fingerprint density at radius 3 is 2.23 bits per heavy atom. The number of hydrogen-bond acceptors (Lipinski definition) is 2. The van der Waals surface area contributed by atoms with Gasteiger partial charge in [-0.25, -0.2) is 4.39 Å². The fraction of sp³-hybridized carbons (Fsp3) is 0.778. The van der Waals surface area contributed by atoms with Crippen molar-refractivity contribution in [2.75, 3.05) is 13.1 Å². The number of ketones is 1. The molecule has 0 aromatic heterocycles. The van der Waals surface area contributed by atoms with Gasteiger partial charge in [-0.15, -0.1) is 0 Å². The van der Waals surface area contributed by atoms with Crippen LogP contribution in [0.4, 0.5) is 4.39 Å². The van der Waals surface area contributed by atoms with Crippen LogP contribution < -0.4 is 0 Å². The molecule has 1 aliphatic carbocycles. The molecular weight excluding hydrogens is 173 g/mol. The number of rotatable bonds is 2. The minimum Gasteiger partial charge on any atom is -0.336 e. The molecule has 0 unspecified atom stereocenters. The monoisotopic (exact) mass is 185 g/mol. The highest BCUT2D eigenvalue weighted by molar-refractivity contribution is 6.08. The van der Waals surface area contributed by atoms with Gasteiger partial charge in [0.15, 0.2) is 0 Å². The molecule has 2 rings (SSSR count). The molecule has 2 aliphatic rings. The maximum Gasteiger partial charge on any atom is 0.236 e. The molecule has 1 saturated carbocycles. The number of Topliss-reactive ketones (excluding diaryl/α,β-unsaturated/α-hetero) is 1. The minimum absolute atomic E-state index is 0.0696. The number of likely N-dealkylation sites (tertiary alicyclic amines) is 1. The number of carbonyl (C=O) groups is 2. The Labute approximate surface area is 75.9 Å². The first-order valence-corrected chi connectivity index (χ1v) is 4.51. The summed E-state index contributed by atoms with van der Waals surface area (Å²) in [4.78, 5) is 24.2. The quantitative estimate of drug-likeness (QED) is 0.589. The Balaban J connectivity index is 2.02. The summed E-state index contributed by atoms with van der Waals surface area (Å²) in [7, 11) is 0. The van der Waals surface area contributed by atoms with Crippen molar-refractivity contribution >= 4 is 11.7 Å². The van der Waals surface area contributed by atoms with E-state index in [0.29, 0.717) is 12.8 Å². The van der Waals surface area contributed by atoms with Crippen LogP contribution in [0.3, 0.4) is 0 Å². The van der Waals surface area contributed by atoms with E-state index in [9.17, 15) is 14.0 Å². The highest BCUT2D eigenvalue weighted by Gasteiger charge is 2.57. The lowest BCUT2D eigenvalue weighted by molar-refractivity contribution is -0.148. The molecule has 3 nitrogen and oxygen atoms in total. The SMILES string of the molecule is CC(=O)C1(C(=O)N2CC(F)C2)CC1. The van der Waals surface area contributed by atoms with Crippen LogP contribution in [0, 0.1) is 5.41 Å². The van der Waals surface area contributed by atoms with E-state index < -0.39 is 11.6 Å². The zero-order chi connectivity index (χ0) is 9.64. The average molecular weight is 185 g/mol. The van der Waals surface area contributed by atoms with E-state index in [0.717, 1.165) is 0 Å². The summed E-state index contributed by atoms with van der Waals surface area (Å²) in [6.07, 6.45) is 0.412. The number of halogens is 1. The normalized spacial score (nSPS) is 25.2. The summed E-state index contributed by atoms with van der Waals surface area (Å²) in [6.45, 7) is 1.79. The Morgan fingerprint density at radius 1 is 1.38 bits per heavy atom. The van der Waals surface area contributed by atoms with Gasteiger partial charge < -0.3 is 4.90 Å². The van der Waals surface area contributed by atoms with Crippen LogP contribution in [0.15, 0.2) is 0 Å². The van der Waals surface area contributed by atoms with Gasteiger partial charge in [-0.2, -0.15) is 0 Å². The van der Waals surface area contributed by atoms with Gasteiger partial charge >= 0.3 is 0 Å². The van der Waals surface area contributed by atoms with Crippen molar-refractivity contribution in [1.82, 2.24) is 4.90 Å². The number of alkyl halides is 1. The first-order chi connectivity index (χ1) is 6.06. The Hall–Kier alpha value is -0.930. The maximum absolute atomic E-state index is 12.5. The lowest BCUT2D eigenvalue weighted by Gasteiger charge is -2.36. The third-order valence-corrected chi connectivity index (χ3v) is 2.96. The van der Waals surface area contributed by atoms with Crippen LogP contribution in [0.5, 0.6) is 0 Å². The summed E-state index contributed by atoms with van der Waals surface area (Å²) in [5, 5.41) is 0. The Kier molecular flexibility index (Phi) is 1.68. The van der Waals surface area contributed by atoms with Crippen molar-refractivity contribution in [1.29, 1.82) is 0 Å². The molecule has 0 radical (unpaired) electrons. The van der Waals surface area contributed by atoms with Crippen LogP contribution in [0.1, 0.15) is 19.8 Å². The average Bonchev–Trinajstić information content (AvgIpc) is 2.77. The van der Waals surface area contributed by atoms with Crippen LogP contribution in [0.2, 0.25) is 0 Å². The van der Waals surface area contributed by atoms with Gasteiger partial charge in [-0.3, -0.25) is 9.59 Å². The number of carbonyl (C=O) groups excluding carboxylic acids is 2. The van der Waals surface area contributed by atoms with E-state index in [4.69, 9.17) is 0 Å². The predicted molar refractivity (Wildman–Crippen MR) is 43.8 cm³/mol. The summed E-state index contributed by atoms with van der Waals surface area (Å²) in [5.74, 6) is -0.228. The zero-order valence-electron chi connectivity index (χ0n) is 7.55. The highest BCUT2D eigenvalue weighted by atomic mass is 19.1. The Morgan fingerprint density at radius 2 is 1.92 bits per heavy atom. The van der Waals surface area contributed by atoms with Crippen LogP contribution in [-0.4, -0.2) is 35.9 Å². The van der Waals surface area contributed by atoms with Gasteiger partial charge in [0.25, 0.3) is 0 Å². The van der Waals surface area contributed by atoms with Gasteiger partial charge in [-0.05, 0) is 19.8 Å². The van der Waals surface area contributed by atoms with Gasteiger partial charge in [0, 0.05) is 0 Å². The molecule has 0 aromatic rings. The van der Waals surface area contributed by atoms with E-state index in [-0.39, 0.29) is 24.8 Å². The molecule has 4 heteroatoms. The summed E-state index contributed by atoms with van der Waals surface area (Å²) in [6, 6.07) is 0. The summed E-state index contributed by atoms with van der Waals surface area (Å²) < 4.78 is 12.5. The second-order valence-electron chi connectivity index (χ2n) is 3.95. The third-order valence-electron chi connectivity index (χ3n) is 2.96. The van der Waals surface area contributed by atoms with Crippen molar-refractivity contribution in [3.05, 3.63) is 0 Å². The fourth-order valence-electron chi connectivity index (χ4n) is 1.73. The topological polar surface area (TPSA) is 37.4 Å². The molecule has 13 heavy (non-hydrogen) atoms. The van der Waals surface area contributed by atoms with Crippen molar-refractivity contribution in [2.24, 2.45) is 5.41 Å². The highest BCUT2D eigenvalue weighted by Crippen LogP contribution is 2.48. The minimum atomic E-state index is -0.883. The lowest BCUT2D eigenvalue weighted by atomic mass is 9.98. The molecule has 0 aromatic carbocycles. The smallest absolute Gasteiger partial charge is 0.236 e. The maximum atomic E-state index is 12.5. The van der Waals surface area contributed by atoms with Gasteiger partial charge in [0.05, 0.1) is 13.1 Å². The van der Waals surface area contributed by atoms with E-state index >= 15 is 0 Å². The predicted octanol–water partition coefficient (Wildman–Crippen LogP) is 0.536. The Bertz CT molecular complexity index is 267. The second kappa shape index (κ2) is 2.53. The lowest BCUT2D eigenvalue weighted by Crippen LogP contribution is -2.54. The fourth-order valence-corrected chi connectivity index (χ4v) is 1.73. The molecule has 1 saturated heterocycles. The van der Waals surface area contributed by atoms with E-state index in [1.54, 1.807) is 0 Å². The van der Waals surface area contributed by atoms with Crippen molar-refractivity contribution in [3.63, 3.8) is 0 Å². The molecule has 0 bridgehead atoms. The molecule has 1 amide bonds. The van der Waals surface area contributed by atoms with Crippen molar-refractivity contribution in [2.45, 2.75) is 25.9 Å². The second-order valence-corrected chi connectivity index (χ2v) is 3.95. The van der Waals surface area contributed by atoms with E-state index in [2.05, 4.69) is 0 Å². The van der Waals surface area contributed by atoms with Crippen LogP contribution in [-0.2, 0) is 9.59 Å². The van der Waals surface area contributed by atoms with Gasteiger partial charge in [-0.1, -0.05) is 0 Å². The number of hydrogen-bond donors (Lipinski definition) is 0. The summed E-state index contributed by atoms with van der Waals surface area (Å²) >= 11 is 0. The standard InChI is InChI=1S/C9H12FNO2/c1-6(12)9(2-3-9)8(13)11-4-7(10)5-11/h7H,2-5H2,1H3. The third kappa shape index (κ3) is 1.16. The van der Waals surface area contributed by atoms with Crippen LogP contribution in [0.25, 0.3) is 0 Å². The number of nitrogens with zero attached hydrogens (tertiary/aromatic N) is 1. The van der Waals surface area contributed by atoms with E-state index in [1.807, 2.05) is 0 Å².